The Hall–Kier alpha value is -5.12. The van der Waals surface area contributed by atoms with Gasteiger partial charge >= 0.3 is 5.69 Å². The van der Waals surface area contributed by atoms with Gasteiger partial charge < -0.3 is 28.0 Å². The second-order valence-corrected chi connectivity index (χ2v) is 16.1. The lowest BCUT2D eigenvalue weighted by molar-refractivity contribution is -0.0926. The summed E-state index contributed by atoms with van der Waals surface area (Å²) in [4.78, 5) is 28.1. The van der Waals surface area contributed by atoms with Gasteiger partial charge in [-0.15, -0.1) is 0 Å². The third kappa shape index (κ3) is 9.43. The van der Waals surface area contributed by atoms with E-state index in [0.717, 1.165) is 22.3 Å². The van der Waals surface area contributed by atoms with Gasteiger partial charge in [0.2, 0.25) is 0 Å². The van der Waals surface area contributed by atoms with Crippen LogP contribution in [0.3, 0.4) is 0 Å². The molecule has 0 radical (unpaired) electrons. The highest BCUT2D eigenvalue weighted by Crippen LogP contribution is 2.51. The van der Waals surface area contributed by atoms with Crippen LogP contribution in [0.25, 0.3) is 0 Å². The number of aromatic nitrogens is 2. The van der Waals surface area contributed by atoms with Gasteiger partial charge in [0, 0.05) is 30.3 Å². The molecule has 0 spiro atoms. The van der Waals surface area contributed by atoms with E-state index in [1.165, 1.54) is 10.8 Å². The second-order valence-electron chi connectivity index (χ2n) is 14.7. The van der Waals surface area contributed by atoms with Gasteiger partial charge in [-0.2, -0.15) is 5.26 Å². The summed E-state index contributed by atoms with van der Waals surface area (Å²) in [5.74, 6) is 1.40. The van der Waals surface area contributed by atoms with Crippen LogP contribution in [0.2, 0.25) is 0 Å². The molecule has 1 saturated heterocycles. The molecule has 0 amide bonds. The molecule has 1 aromatic heterocycles. The average Bonchev–Trinajstić information content (AvgIpc) is 3.63. The van der Waals surface area contributed by atoms with Crippen LogP contribution in [0.5, 0.6) is 11.5 Å². The largest absolute Gasteiger partial charge is 0.497 e. The van der Waals surface area contributed by atoms with Crippen molar-refractivity contribution in [2.45, 2.75) is 83.8 Å². The smallest absolute Gasteiger partial charge is 0.330 e. The van der Waals surface area contributed by atoms with E-state index in [9.17, 15) is 14.9 Å². The van der Waals surface area contributed by atoms with Crippen LogP contribution in [0.4, 0.5) is 0 Å². The number of nitrogens with zero attached hydrogens (tertiary/aromatic N) is 3. The summed E-state index contributed by atoms with van der Waals surface area (Å²) in [6.45, 7) is 10.2. The Morgan fingerprint density at radius 2 is 1.48 bits per heavy atom. The van der Waals surface area contributed by atoms with Crippen LogP contribution in [0.1, 0.15) is 73.7 Å². The third-order valence-corrected chi connectivity index (χ3v) is 12.2. The minimum Gasteiger partial charge on any atom is -0.497 e. The highest BCUT2D eigenvalue weighted by Gasteiger charge is 2.45. The summed E-state index contributed by atoms with van der Waals surface area (Å²) in [5, 5.41) is 9.54. The highest BCUT2D eigenvalue weighted by molar-refractivity contribution is 7.44. The molecule has 3 unspecified atom stereocenters. The van der Waals surface area contributed by atoms with Gasteiger partial charge in [0.05, 0.1) is 45.2 Å². The molecule has 4 aromatic carbocycles. The number of rotatable bonds is 17. The van der Waals surface area contributed by atoms with Crippen LogP contribution in [-0.4, -0.2) is 59.3 Å². The van der Waals surface area contributed by atoms with Crippen LogP contribution in [0, 0.1) is 18.3 Å². The number of methoxy groups -OCH3 is 2. The van der Waals surface area contributed by atoms with E-state index >= 15 is 0 Å². The maximum atomic E-state index is 13.3. The van der Waals surface area contributed by atoms with Crippen molar-refractivity contribution in [2.24, 2.45) is 0 Å². The van der Waals surface area contributed by atoms with Gasteiger partial charge in [0.25, 0.3) is 14.1 Å². The van der Waals surface area contributed by atoms with Gasteiger partial charge in [-0.25, -0.2) is 9.46 Å². The van der Waals surface area contributed by atoms with Crippen LogP contribution < -0.4 is 20.7 Å². The van der Waals surface area contributed by atoms with E-state index in [1.807, 2.05) is 91.0 Å². The lowest BCUT2D eigenvalue weighted by atomic mass is 9.80. The van der Waals surface area contributed by atoms with Crippen molar-refractivity contribution < 1.29 is 28.0 Å². The molecular weight excluding hydrogens is 755 g/mol. The van der Waals surface area contributed by atoms with Crippen LogP contribution >= 0.6 is 8.53 Å². The first-order chi connectivity index (χ1) is 28.0. The van der Waals surface area contributed by atoms with Gasteiger partial charge in [0.15, 0.2) is 0 Å². The molecule has 5 aromatic rings. The average molecular weight is 807 g/mol. The zero-order valence-electron chi connectivity index (χ0n) is 34.0. The van der Waals surface area contributed by atoms with Crippen LogP contribution in [-0.2, 0) is 30.7 Å². The molecule has 0 bridgehead atoms. The standard InChI is InChI=1S/C45H51N4O8P/c1-30(2)49(31(3)4)58(55-28-34-13-11-12-33(24-34)26-46)57-40-25-42(48-27-32(5)43(50)47-44(48)51)56-41(40)29-54-45(35-14-9-8-10-15-35,36-16-20-38(52-6)21-17-36)37-18-22-39(53-7)23-19-37/h8-24,27,30-31,40-42H,25,28-29H2,1-7H3,(H,47,50,51)/t40?,41?,42-,58?/m1/s1. The maximum absolute atomic E-state index is 13.3. The first kappa shape index (κ1) is 42.5. The molecule has 58 heavy (non-hydrogen) atoms. The first-order valence-corrected chi connectivity index (χ1v) is 20.4. The van der Waals surface area contributed by atoms with E-state index in [4.69, 9.17) is 28.0 Å². The number of ether oxygens (including phenoxy) is 4. The van der Waals surface area contributed by atoms with Crippen molar-refractivity contribution in [3.63, 3.8) is 0 Å². The molecule has 4 atom stereocenters. The summed E-state index contributed by atoms with van der Waals surface area (Å²) in [6.07, 6.45) is -0.337. The fourth-order valence-corrected chi connectivity index (χ4v) is 9.09. The van der Waals surface area contributed by atoms with Gasteiger partial charge in [-0.3, -0.25) is 14.3 Å². The molecule has 1 aliphatic rings. The quantitative estimate of drug-likeness (QED) is 0.0728. The normalized spacial score (nSPS) is 17.4. The monoisotopic (exact) mass is 806 g/mol. The van der Waals surface area contributed by atoms with Gasteiger partial charge in [-0.05, 0) is 93.3 Å². The Morgan fingerprint density at radius 3 is 2.05 bits per heavy atom. The maximum Gasteiger partial charge on any atom is 0.330 e. The summed E-state index contributed by atoms with van der Waals surface area (Å²) in [5.41, 5.74) is 2.13. The Morgan fingerprint density at radius 1 is 0.879 bits per heavy atom. The molecule has 2 heterocycles. The number of hydrogen-bond acceptors (Lipinski definition) is 10. The Bertz CT molecular complexity index is 2220. The molecule has 1 N–H and O–H groups in total. The topological polar surface area (TPSA) is 137 Å². The zero-order valence-corrected chi connectivity index (χ0v) is 34.8. The second kappa shape index (κ2) is 19.1. The van der Waals surface area contributed by atoms with Crippen molar-refractivity contribution >= 4 is 8.53 Å². The Balaban J connectivity index is 1.43. The van der Waals surface area contributed by atoms with Crippen molar-refractivity contribution in [3.8, 4) is 17.6 Å². The fourth-order valence-electron chi connectivity index (χ4n) is 7.31. The van der Waals surface area contributed by atoms with E-state index in [1.54, 1.807) is 33.3 Å². The van der Waals surface area contributed by atoms with E-state index in [0.29, 0.717) is 22.6 Å². The molecule has 12 nitrogen and oxygen atoms in total. The number of aryl methyl sites for hydroxylation is 1. The third-order valence-electron chi connectivity index (χ3n) is 10.1. The predicted octanol–water partition coefficient (Wildman–Crippen LogP) is 7.98. The van der Waals surface area contributed by atoms with Crippen LogP contribution in [0.15, 0.2) is 119 Å². The molecular formula is C45H51N4O8P. The van der Waals surface area contributed by atoms with Crippen molar-refractivity contribution in [1.29, 1.82) is 5.26 Å². The molecule has 6 rings (SSSR count). The predicted molar refractivity (Wildman–Crippen MR) is 223 cm³/mol. The Labute approximate surface area is 340 Å². The highest BCUT2D eigenvalue weighted by atomic mass is 31.2. The van der Waals surface area contributed by atoms with E-state index in [2.05, 4.69) is 43.4 Å². The summed E-state index contributed by atoms with van der Waals surface area (Å²) < 4.78 is 42.4. The van der Waals surface area contributed by atoms with Crippen molar-refractivity contribution in [3.05, 3.63) is 164 Å². The molecule has 13 heteroatoms. The van der Waals surface area contributed by atoms with E-state index < -0.39 is 43.8 Å². The van der Waals surface area contributed by atoms with Gasteiger partial charge in [0.1, 0.15) is 29.4 Å². The molecule has 1 aliphatic heterocycles. The summed E-state index contributed by atoms with van der Waals surface area (Å²) in [7, 11) is 1.53. The number of nitriles is 1. The number of hydrogen-bond donors (Lipinski definition) is 1. The first-order valence-electron chi connectivity index (χ1n) is 19.3. The van der Waals surface area contributed by atoms with Crippen molar-refractivity contribution in [2.75, 3.05) is 20.8 Å². The number of benzene rings is 4. The lowest BCUT2D eigenvalue weighted by Gasteiger charge is -2.39. The SMILES string of the molecule is COc1ccc(C(OCC2O[C@@H](n3cc(C)c(=O)[nH]c3=O)CC2OP(OCc2cccc(C#N)c2)N(C(C)C)C(C)C)(c2ccccc2)c2ccc(OC)cc2)cc1. The van der Waals surface area contributed by atoms with Crippen molar-refractivity contribution in [1.82, 2.24) is 14.2 Å². The lowest BCUT2D eigenvalue weighted by Crippen LogP contribution is -2.39. The van der Waals surface area contributed by atoms with E-state index in [-0.39, 0.29) is 31.7 Å². The number of aromatic amines is 1. The zero-order chi connectivity index (χ0) is 41.4. The molecule has 304 valence electrons. The van der Waals surface area contributed by atoms with Gasteiger partial charge in [-0.1, -0.05) is 66.7 Å². The number of H-pyrrole nitrogens is 1. The molecule has 0 aliphatic carbocycles. The molecule has 0 saturated carbocycles. The summed E-state index contributed by atoms with van der Waals surface area (Å²) in [6, 6.07) is 35.1. The molecule has 1 fully saturated rings. The summed E-state index contributed by atoms with van der Waals surface area (Å²) >= 11 is 0. The number of nitrogens with one attached hydrogen (secondary N) is 1. The minimum atomic E-state index is -1.72. The Kier molecular flexibility index (Phi) is 14.0. The fraction of sp³-hybridized carbons (Fsp3) is 0.356. The minimum absolute atomic E-state index is 0.0297.